The second-order valence-corrected chi connectivity index (χ2v) is 6.53. The highest BCUT2D eigenvalue weighted by atomic mass is 35.5. The molecule has 5 heteroatoms. The van der Waals surface area contributed by atoms with Crippen LogP contribution in [-0.2, 0) is 4.79 Å². The molecule has 3 nitrogen and oxygen atoms in total. The van der Waals surface area contributed by atoms with Crippen molar-refractivity contribution in [1.29, 1.82) is 0 Å². The standard InChI is InChI=1S/C13H24N2OS.ClH/c1-2-5-10(14)13(16)15-8-9-17-12-7-4-3-6-11(12)15;/h10-12H,2-9,14H2,1H3;1H. The highest BCUT2D eigenvalue weighted by molar-refractivity contribution is 8.00. The number of carbonyl (C=O) groups excluding carboxylic acids is 1. The van der Waals surface area contributed by atoms with E-state index in [4.69, 9.17) is 5.73 Å². The molecule has 1 aliphatic heterocycles. The topological polar surface area (TPSA) is 46.3 Å². The summed E-state index contributed by atoms with van der Waals surface area (Å²) in [5.41, 5.74) is 5.98. The van der Waals surface area contributed by atoms with Crippen LogP contribution in [0, 0.1) is 0 Å². The second kappa shape index (κ2) is 7.61. The van der Waals surface area contributed by atoms with Crippen molar-refractivity contribution >= 4 is 30.1 Å². The van der Waals surface area contributed by atoms with Crippen molar-refractivity contribution in [2.75, 3.05) is 12.3 Å². The molecule has 1 saturated carbocycles. The molecule has 106 valence electrons. The maximum Gasteiger partial charge on any atom is 0.239 e. The van der Waals surface area contributed by atoms with E-state index in [1.54, 1.807) is 0 Å². The molecule has 1 heterocycles. The predicted octanol–water partition coefficient (Wildman–Crippen LogP) is 2.42. The van der Waals surface area contributed by atoms with E-state index in [9.17, 15) is 4.79 Å². The van der Waals surface area contributed by atoms with Gasteiger partial charge in [0.1, 0.15) is 0 Å². The molecule has 2 rings (SSSR count). The van der Waals surface area contributed by atoms with Crippen LogP contribution in [0.25, 0.3) is 0 Å². The Morgan fingerprint density at radius 3 is 2.89 bits per heavy atom. The molecule has 2 N–H and O–H groups in total. The first-order chi connectivity index (χ1) is 8.24. The molecule has 1 amide bonds. The highest BCUT2D eigenvalue weighted by Gasteiger charge is 2.37. The lowest BCUT2D eigenvalue weighted by atomic mass is 9.92. The number of nitrogens with two attached hydrogens (primary N) is 1. The molecule has 0 aromatic heterocycles. The van der Waals surface area contributed by atoms with E-state index in [2.05, 4.69) is 23.6 Å². The minimum atomic E-state index is -0.273. The number of amides is 1. The number of thioether (sulfide) groups is 1. The first-order valence-electron chi connectivity index (χ1n) is 6.91. The first-order valence-corrected chi connectivity index (χ1v) is 7.96. The van der Waals surface area contributed by atoms with Crippen molar-refractivity contribution in [2.24, 2.45) is 5.73 Å². The molecule has 2 fully saturated rings. The number of rotatable bonds is 3. The SMILES string of the molecule is CCCC(N)C(=O)N1CCSC2CCCCC21.Cl. The number of hydrogen-bond donors (Lipinski definition) is 1. The van der Waals surface area contributed by atoms with E-state index in [-0.39, 0.29) is 24.4 Å². The van der Waals surface area contributed by atoms with Gasteiger partial charge in [-0.05, 0) is 19.3 Å². The Kier molecular flexibility index (Phi) is 6.82. The quantitative estimate of drug-likeness (QED) is 0.869. The van der Waals surface area contributed by atoms with Crippen LogP contribution < -0.4 is 5.73 Å². The lowest BCUT2D eigenvalue weighted by Crippen LogP contribution is -2.56. The van der Waals surface area contributed by atoms with Crippen LogP contribution in [0.2, 0.25) is 0 Å². The summed E-state index contributed by atoms with van der Waals surface area (Å²) >= 11 is 2.06. The van der Waals surface area contributed by atoms with Crippen molar-refractivity contribution in [2.45, 2.75) is 62.8 Å². The monoisotopic (exact) mass is 292 g/mol. The van der Waals surface area contributed by atoms with Gasteiger partial charge in [0.2, 0.25) is 5.91 Å². The average Bonchev–Trinajstić information content (AvgIpc) is 2.37. The zero-order valence-corrected chi connectivity index (χ0v) is 12.8. The maximum atomic E-state index is 12.3. The van der Waals surface area contributed by atoms with Crippen LogP contribution in [-0.4, -0.2) is 40.4 Å². The van der Waals surface area contributed by atoms with Crippen LogP contribution in [0.5, 0.6) is 0 Å². The van der Waals surface area contributed by atoms with Gasteiger partial charge in [0, 0.05) is 23.6 Å². The normalized spacial score (nSPS) is 29.1. The fourth-order valence-electron chi connectivity index (χ4n) is 3.02. The number of halogens is 1. The summed E-state index contributed by atoms with van der Waals surface area (Å²) < 4.78 is 0. The molecule has 1 aliphatic carbocycles. The molecule has 1 saturated heterocycles. The molecule has 2 aliphatic rings. The Bertz CT molecular complexity index is 276. The predicted molar refractivity (Wildman–Crippen MR) is 80.3 cm³/mol. The molecular weight excluding hydrogens is 268 g/mol. The van der Waals surface area contributed by atoms with Gasteiger partial charge in [0.15, 0.2) is 0 Å². The summed E-state index contributed by atoms with van der Waals surface area (Å²) in [6.45, 7) is 2.99. The van der Waals surface area contributed by atoms with Crippen molar-refractivity contribution in [1.82, 2.24) is 4.90 Å². The van der Waals surface area contributed by atoms with Gasteiger partial charge in [0.25, 0.3) is 0 Å². The minimum Gasteiger partial charge on any atom is -0.336 e. The molecule has 18 heavy (non-hydrogen) atoms. The summed E-state index contributed by atoms with van der Waals surface area (Å²) in [6.07, 6.45) is 6.87. The lowest BCUT2D eigenvalue weighted by Gasteiger charge is -2.44. The van der Waals surface area contributed by atoms with Crippen LogP contribution in [0.1, 0.15) is 45.4 Å². The Balaban J connectivity index is 0.00000162. The number of hydrogen-bond acceptors (Lipinski definition) is 3. The van der Waals surface area contributed by atoms with E-state index in [1.165, 1.54) is 25.7 Å². The van der Waals surface area contributed by atoms with Crippen LogP contribution >= 0.6 is 24.2 Å². The zero-order valence-electron chi connectivity index (χ0n) is 11.1. The number of fused-ring (bicyclic) bond motifs is 1. The molecular formula is C13H25ClN2OS. The average molecular weight is 293 g/mol. The third kappa shape index (κ3) is 3.55. The summed E-state index contributed by atoms with van der Waals surface area (Å²) in [5.74, 6) is 1.29. The van der Waals surface area contributed by atoms with E-state index < -0.39 is 0 Å². The molecule has 0 aromatic rings. The van der Waals surface area contributed by atoms with Gasteiger partial charge in [0.05, 0.1) is 6.04 Å². The number of carbonyl (C=O) groups is 1. The van der Waals surface area contributed by atoms with E-state index in [0.29, 0.717) is 11.3 Å². The fourth-order valence-corrected chi connectivity index (χ4v) is 4.46. The van der Waals surface area contributed by atoms with Crippen LogP contribution in [0.15, 0.2) is 0 Å². The lowest BCUT2D eigenvalue weighted by molar-refractivity contribution is -0.135. The van der Waals surface area contributed by atoms with Crippen molar-refractivity contribution in [3.63, 3.8) is 0 Å². The van der Waals surface area contributed by atoms with Gasteiger partial charge >= 0.3 is 0 Å². The summed E-state index contributed by atoms with van der Waals surface area (Å²) in [6, 6.07) is 0.198. The Hall–Kier alpha value is 0.0700. The fraction of sp³-hybridized carbons (Fsp3) is 0.923. The smallest absolute Gasteiger partial charge is 0.239 e. The third-order valence-electron chi connectivity index (χ3n) is 3.93. The first kappa shape index (κ1) is 16.1. The number of nitrogens with zero attached hydrogens (tertiary/aromatic N) is 1. The Morgan fingerprint density at radius 2 is 2.17 bits per heavy atom. The Morgan fingerprint density at radius 1 is 1.44 bits per heavy atom. The third-order valence-corrected chi connectivity index (χ3v) is 5.33. The van der Waals surface area contributed by atoms with Gasteiger partial charge in [-0.2, -0.15) is 11.8 Å². The van der Waals surface area contributed by atoms with Gasteiger partial charge in [-0.3, -0.25) is 4.79 Å². The van der Waals surface area contributed by atoms with Crippen molar-refractivity contribution in [3.05, 3.63) is 0 Å². The van der Waals surface area contributed by atoms with E-state index >= 15 is 0 Å². The van der Waals surface area contributed by atoms with E-state index in [0.717, 1.165) is 25.1 Å². The van der Waals surface area contributed by atoms with Crippen LogP contribution in [0.3, 0.4) is 0 Å². The minimum absolute atomic E-state index is 0. The maximum absolute atomic E-state index is 12.3. The summed E-state index contributed by atoms with van der Waals surface area (Å²) in [5, 5.41) is 0.676. The second-order valence-electron chi connectivity index (χ2n) is 5.19. The van der Waals surface area contributed by atoms with E-state index in [1.807, 2.05) is 0 Å². The molecule has 0 bridgehead atoms. The van der Waals surface area contributed by atoms with Gasteiger partial charge in [-0.15, -0.1) is 12.4 Å². The van der Waals surface area contributed by atoms with Gasteiger partial charge < -0.3 is 10.6 Å². The summed E-state index contributed by atoms with van der Waals surface area (Å²) in [4.78, 5) is 14.4. The molecule has 0 spiro atoms. The zero-order chi connectivity index (χ0) is 12.3. The molecule has 3 unspecified atom stereocenters. The highest BCUT2D eigenvalue weighted by Crippen LogP contribution is 2.35. The molecule has 3 atom stereocenters. The van der Waals surface area contributed by atoms with Crippen LogP contribution in [0.4, 0.5) is 0 Å². The molecule has 0 aromatic carbocycles. The van der Waals surface area contributed by atoms with Gasteiger partial charge in [-0.1, -0.05) is 26.2 Å². The summed E-state index contributed by atoms with van der Waals surface area (Å²) in [7, 11) is 0. The Labute approximate surface area is 121 Å². The largest absolute Gasteiger partial charge is 0.336 e. The van der Waals surface area contributed by atoms with Crippen molar-refractivity contribution < 1.29 is 4.79 Å². The van der Waals surface area contributed by atoms with Crippen molar-refractivity contribution in [3.8, 4) is 0 Å². The van der Waals surface area contributed by atoms with Gasteiger partial charge in [-0.25, -0.2) is 0 Å². The molecule has 0 radical (unpaired) electrons.